The summed E-state index contributed by atoms with van der Waals surface area (Å²) in [5, 5.41) is 3.41. The Hall–Kier alpha value is -0.770. The van der Waals surface area contributed by atoms with Gasteiger partial charge in [0.25, 0.3) is 0 Å². The lowest BCUT2D eigenvalue weighted by Crippen LogP contribution is -2.30. The Morgan fingerprint density at radius 2 is 2.00 bits per heavy atom. The van der Waals surface area contributed by atoms with Crippen molar-refractivity contribution in [3.05, 3.63) is 30.6 Å². The number of hydrogen-bond acceptors (Lipinski definition) is 2. The van der Waals surface area contributed by atoms with Crippen molar-refractivity contribution in [1.29, 1.82) is 0 Å². The van der Waals surface area contributed by atoms with Crippen LogP contribution in [-0.2, 0) is 6.54 Å². The second-order valence-corrected chi connectivity index (χ2v) is 4.58. The number of nitrogens with zero attached hydrogens (tertiary/aromatic N) is 2. The van der Waals surface area contributed by atoms with Gasteiger partial charge in [0, 0.05) is 24.5 Å². The third-order valence-electron chi connectivity index (χ3n) is 3.44. The molecule has 5 heteroatoms. The fraction of sp³-hybridized carbons (Fsp3) is 0.462. The molecule has 1 N–H and O–H groups in total. The molecule has 3 aliphatic rings. The maximum absolute atomic E-state index is 4.43. The van der Waals surface area contributed by atoms with E-state index in [2.05, 4.69) is 39.3 Å². The number of rotatable bonds is 2. The van der Waals surface area contributed by atoms with Gasteiger partial charge in [-0.15, -0.1) is 24.8 Å². The Balaban J connectivity index is 0.000000810. The molecule has 3 nitrogen and oxygen atoms in total. The van der Waals surface area contributed by atoms with Crippen LogP contribution in [0.2, 0.25) is 0 Å². The first-order valence-electron chi connectivity index (χ1n) is 6.04. The van der Waals surface area contributed by atoms with Crippen molar-refractivity contribution in [1.82, 2.24) is 14.9 Å². The molecule has 0 aromatic rings. The standard InChI is InChI=1S/C13H17N3.2ClH/c1-2-12-5-8-15-13(12)16(9-1)10-11-3-6-14-7-4-11;;/h1-2,5,8-9,11,14H,3-4,6-7,10H2;2*1H. The highest BCUT2D eigenvalue weighted by Gasteiger charge is 2.15. The van der Waals surface area contributed by atoms with Crippen LogP contribution in [0.1, 0.15) is 12.8 Å². The van der Waals surface area contributed by atoms with Gasteiger partial charge in [-0.2, -0.15) is 0 Å². The monoisotopic (exact) mass is 287 g/mol. The molecular formula is C13H19Cl2N3. The van der Waals surface area contributed by atoms with Crippen molar-refractivity contribution >= 4 is 24.8 Å². The topological polar surface area (TPSA) is 29.9 Å². The van der Waals surface area contributed by atoms with Gasteiger partial charge < -0.3 is 9.88 Å². The molecule has 0 amide bonds. The Labute approximate surface area is 120 Å². The first-order chi connectivity index (χ1) is 7.93. The van der Waals surface area contributed by atoms with Gasteiger partial charge in [0.2, 0.25) is 0 Å². The van der Waals surface area contributed by atoms with Gasteiger partial charge in [-0.25, -0.2) is 4.98 Å². The lowest BCUT2D eigenvalue weighted by atomic mass is 9.98. The van der Waals surface area contributed by atoms with Crippen LogP contribution in [0.3, 0.4) is 0 Å². The molecule has 0 bridgehead atoms. The van der Waals surface area contributed by atoms with Crippen LogP contribution in [-0.4, -0.2) is 22.6 Å². The molecule has 0 aromatic heterocycles. The van der Waals surface area contributed by atoms with Gasteiger partial charge in [0.15, 0.2) is 0 Å². The number of fused-ring (bicyclic) bond motifs is 1. The van der Waals surface area contributed by atoms with Crippen LogP contribution < -0.4 is 5.32 Å². The zero-order valence-electron chi connectivity index (χ0n) is 10.2. The average Bonchev–Trinajstić information content (AvgIpc) is 2.80. The van der Waals surface area contributed by atoms with E-state index >= 15 is 0 Å². The summed E-state index contributed by atoms with van der Waals surface area (Å²) in [6, 6.07) is 6.32. The quantitative estimate of drug-likeness (QED) is 0.921. The predicted octanol–water partition coefficient (Wildman–Crippen LogP) is 2.83. The summed E-state index contributed by atoms with van der Waals surface area (Å²) < 4.78 is 2.30. The minimum Gasteiger partial charge on any atom is -0.332 e. The maximum atomic E-state index is 4.43. The Bertz CT molecular complexity index is 438. The molecule has 1 saturated heterocycles. The van der Waals surface area contributed by atoms with E-state index in [4.69, 9.17) is 0 Å². The van der Waals surface area contributed by atoms with Crippen molar-refractivity contribution < 1.29 is 0 Å². The normalized spacial score (nSPS) is 16.0. The third kappa shape index (κ3) is 3.16. The predicted molar refractivity (Wildman–Crippen MR) is 78.9 cm³/mol. The summed E-state index contributed by atoms with van der Waals surface area (Å²) in [5.74, 6) is 1.93. The van der Waals surface area contributed by atoms with E-state index in [1.54, 1.807) is 0 Å². The van der Waals surface area contributed by atoms with Crippen LogP contribution in [0.4, 0.5) is 0 Å². The van der Waals surface area contributed by atoms with Crippen molar-refractivity contribution in [3.8, 4) is 11.4 Å². The molecular weight excluding hydrogens is 269 g/mol. The van der Waals surface area contributed by atoms with E-state index in [0.29, 0.717) is 0 Å². The van der Waals surface area contributed by atoms with Crippen molar-refractivity contribution in [2.24, 2.45) is 5.92 Å². The van der Waals surface area contributed by atoms with Crippen molar-refractivity contribution in [2.75, 3.05) is 13.1 Å². The van der Waals surface area contributed by atoms with Crippen LogP contribution in [0, 0.1) is 5.92 Å². The van der Waals surface area contributed by atoms with Crippen molar-refractivity contribution in [3.63, 3.8) is 0 Å². The summed E-state index contributed by atoms with van der Waals surface area (Å²) in [6.07, 6.45) is 6.61. The molecule has 0 aromatic carbocycles. The molecule has 0 aliphatic carbocycles. The molecule has 3 rings (SSSR count). The Morgan fingerprint density at radius 1 is 1.22 bits per heavy atom. The number of hydrogen-bond donors (Lipinski definition) is 1. The SMILES string of the molecule is Cl.Cl.c1cc2ccnc-2n(CC2CCNCC2)c1. The molecule has 0 radical (unpaired) electrons. The highest BCUT2D eigenvalue weighted by molar-refractivity contribution is 5.85. The Morgan fingerprint density at radius 3 is 2.78 bits per heavy atom. The van der Waals surface area contributed by atoms with Crippen LogP contribution in [0.5, 0.6) is 0 Å². The number of aromatic nitrogens is 2. The third-order valence-corrected chi connectivity index (χ3v) is 3.44. The Kier molecular flexibility index (Phi) is 5.93. The maximum Gasteiger partial charge on any atom is 0.139 e. The number of piperidine rings is 1. The largest absolute Gasteiger partial charge is 0.332 e. The summed E-state index contributed by atoms with van der Waals surface area (Å²) >= 11 is 0. The smallest absolute Gasteiger partial charge is 0.139 e. The van der Waals surface area contributed by atoms with Crippen LogP contribution in [0.25, 0.3) is 11.4 Å². The lowest BCUT2D eigenvalue weighted by molar-refractivity contribution is 0.333. The molecule has 100 valence electrons. The van der Waals surface area contributed by atoms with E-state index in [0.717, 1.165) is 31.4 Å². The van der Waals surface area contributed by atoms with E-state index in [1.807, 2.05) is 6.20 Å². The number of halogens is 2. The minimum absolute atomic E-state index is 0. The summed E-state index contributed by atoms with van der Waals surface area (Å²) in [6.45, 7) is 3.43. The highest BCUT2D eigenvalue weighted by Crippen LogP contribution is 2.22. The zero-order chi connectivity index (χ0) is 10.8. The first kappa shape index (κ1) is 15.3. The van der Waals surface area contributed by atoms with Gasteiger partial charge in [0.05, 0.1) is 0 Å². The van der Waals surface area contributed by atoms with Gasteiger partial charge in [0.1, 0.15) is 5.82 Å². The second-order valence-electron chi connectivity index (χ2n) is 4.58. The van der Waals surface area contributed by atoms with Crippen LogP contribution in [0.15, 0.2) is 30.6 Å². The molecule has 3 heterocycles. The van der Waals surface area contributed by atoms with Crippen molar-refractivity contribution in [2.45, 2.75) is 19.4 Å². The lowest BCUT2D eigenvalue weighted by Gasteiger charge is -2.24. The fourth-order valence-electron chi connectivity index (χ4n) is 2.52. The van der Waals surface area contributed by atoms with E-state index in [1.165, 1.54) is 18.4 Å². The van der Waals surface area contributed by atoms with E-state index in [9.17, 15) is 0 Å². The second kappa shape index (κ2) is 6.98. The van der Waals surface area contributed by atoms with E-state index < -0.39 is 0 Å². The molecule has 0 spiro atoms. The minimum atomic E-state index is 0. The first-order valence-corrected chi connectivity index (χ1v) is 6.04. The van der Waals surface area contributed by atoms with Gasteiger partial charge in [-0.05, 0) is 50.0 Å². The molecule has 1 fully saturated rings. The molecule has 0 saturated carbocycles. The molecule has 0 unspecified atom stereocenters. The van der Waals surface area contributed by atoms with Gasteiger partial charge in [-0.3, -0.25) is 0 Å². The van der Waals surface area contributed by atoms with E-state index in [-0.39, 0.29) is 24.8 Å². The van der Waals surface area contributed by atoms with Gasteiger partial charge >= 0.3 is 0 Å². The summed E-state index contributed by atoms with van der Waals surface area (Å²) in [5.41, 5.74) is 1.25. The van der Waals surface area contributed by atoms with Gasteiger partial charge in [-0.1, -0.05) is 0 Å². The highest BCUT2D eigenvalue weighted by atomic mass is 35.5. The summed E-state index contributed by atoms with van der Waals surface area (Å²) in [4.78, 5) is 4.43. The number of pyridine rings is 1. The summed E-state index contributed by atoms with van der Waals surface area (Å²) in [7, 11) is 0. The number of nitrogens with one attached hydrogen (secondary N) is 1. The molecule has 0 atom stereocenters. The molecule has 3 aliphatic heterocycles. The average molecular weight is 288 g/mol. The fourth-order valence-corrected chi connectivity index (χ4v) is 2.52. The van der Waals surface area contributed by atoms with Crippen LogP contribution >= 0.6 is 24.8 Å². The zero-order valence-corrected chi connectivity index (χ0v) is 11.8. The molecule has 18 heavy (non-hydrogen) atoms.